The number of pyridine rings is 1. The Hall–Kier alpha value is -1.46. The van der Waals surface area contributed by atoms with E-state index in [1.807, 2.05) is 19.1 Å². The van der Waals surface area contributed by atoms with Crippen molar-refractivity contribution in [2.24, 2.45) is 0 Å². The summed E-state index contributed by atoms with van der Waals surface area (Å²) in [6.45, 7) is 5.81. The molecule has 94 valence electrons. The molecule has 2 aromatic rings. The van der Waals surface area contributed by atoms with Gasteiger partial charge in [0.1, 0.15) is 5.03 Å². The normalized spacial score (nSPS) is 10.6. The number of hydrogen-bond donors (Lipinski definition) is 1. The number of rotatable bonds is 5. The van der Waals surface area contributed by atoms with Crippen molar-refractivity contribution in [3.05, 3.63) is 41.9 Å². The van der Waals surface area contributed by atoms with Crippen LogP contribution < -0.4 is 5.32 Å². The monoisotopic (exact) mass is 260 g/mol. The molecule has 0 radical (unpaired) electrons. The van der Waals surface area contributed by atoms with E-state index in [0.29, 0.717) is 0 Å². The molecule has 0 spiro atoms. The van der Waals surface area contributed by atoms with Gasteiger partial charge in [-0.15, -0.1) is 0 Å². The molecule has 0 unspecified atom stereocenters. The van der Waals surface area contributed by atoms with E-state index >= 15 is 0 Å². The molecule has 2 heterocycles. The lowest BCUT2D eigenvalue weighted by Gasteiger charge is -2.07. The fourth-order valence-electron chi connectivity index (χ4n) is 1.47. The van der Waals surface area contributed by atoms with Gasteiger partial charge in [-0.05, 0) is 42.9 Å². The van der Waals surface area contributed by atoms with Gasteiger partial charge in [0, 0.05) is 24.6 Å². The first-order valence-corrected chi connectivity index (χ1v) is 6.73. The maximum absolute atomic E-state index is 4.40. The van der Waals surface area contributed by atoms with E-state index in [9.17, 15) is 0 Å². The lowest BCUT2D eigenvalue weighted by molar-refractivity contribution is 0.710. The first-order chi connectivity index (χ1) is 8.79. The molecular formula is C13H16N4S. The van der Waals surface area contributed by atoms with E-state index in [1.54, 1.807) is 12.4 Å². The van der Waals surface area contributed by atoms with Crippen LogP contribution in [-0.2, 0) is 6.54 Å². The van der Waals surface area contributed by atoms with Crippen LogP contribution >= 0.6 is 11.8 Å². The SMILES string of the molecule is CCNCc1cccnc1Sc1nccc(C)n1. The van der Waals surface area contributed by atoms with Crippen molar-refractivity contribution in [1.82, 2.24) is 20.3 Å². The standard InChI is InChI=1S/C13H16N4S/c1-3-14-9-11-5-4-7-15-12(11)18-13-16-8-6-10(2)17-13/h4-8,14H,3,9H2,1-2H3. The highest BCUT2D eigenvalue weighted by atomic mass is 32.2. The molecule has 0 aliphatic rings. The zero-order valence-electron chi connectivity index (χ0n) is 10.6. The molecule has 0 amide bonds. The largest absolute Gasteiger partial charge is 0.313 e. The smallest absolute Gasteiger partial charge is 0.194 e. The molecule has 2 aromatic heterocycles. The topological polar surface area (TPSA) is 50.7 Å². The van der Waals surface area contributed by atoms with Crippen LogP contribution in [0.2, 0.25) is 0 Å². The predicted molar refractivity (Wildman–Crippen MR) is 72.5 cm³/mol. The second kappa shape index (κ2) is 6.47. The maximum atomic E-state index is 4.40. The van der Waals surface area contributed by atoms with Crippen LogP contribution in [0.25, 0.3) is 0 Å². The van der Waals surface area contributed by atoms with Crippen molar-refractivity contribution >= 4 is 11.8 Å². The minimum absolute atomic E-state index is 0.742. The molecule has 1 N–H and O–H groups in total. The van der Waals surface area contributed by atoms with Crippen molar-refractivity contribution in [1.29, 1.82) is 0 Å². The van der Waals surface area contributed by atoms with Gasteiger partial charge in [-0.2, -0.15) is 0 Å². The summed E-state index contributed by atoms with van der Waals surface area (Å²) in [6.07, 6.45) is 3.57. The van der Waals surface area contributed by atoms with E-state index < -0.39 is 0 Å². The molecule has 5 heteroatoms. The van der Waals surface area contributed by atoms with Crippen molar-refractivity contribution in [2.75, 3.05) is 6.54 Å². The molecule has 0 aromatic carbocycles. The van der Waals surface area contributed by atoms with E-state index in [-0.39, 0.29) is 0 Å². The highest BCUT2D eigenvalue weighted by Crippen LogP contribution is 2.25. The Morgan fingerprint density at radius 2 is 2.11 bits per heavy atom. The summed E-state index contributed by atoms with van der Waals surface area (Å²) in [5, 5.41) is 5.01. The molecule has 0 atom stereocenters. The Labute approximate surface area is 111 Å². The first-order valence-electron chi connectivity index (χ1n) is 5.91. The third kappa shape index (κ3) is 3.51. The summed E-state index contributed by atoms with van der Waals surface area (Å²) in [4.78, 5) is 13.0. The zero-order valence-corrected chi connectivity index (χ0v) is 11.4. The summed E-state index contributed by atoms with van der Waals surface area (Å²) in [6, 6.07) is 5.92. The number of aryl methyl sites for hydroxylation is 1. The van der Waals surface area contributed by atoms with E-state index in [2.05, 4.69) is 33.3 Å². The minimum Gasteiger partial charge on any atom is -0.313 e. The molecule has 18 heavy (non-hydrogen) atoms. The quantitative estimate of drug-likeness (QED) is 0.837. The van der Waals surface area contributed by atoms with Crippen molar-refractivity contribution in [2.45, 2.75) is 30.6 Å². The second-order valence-corrected chi connectivity index (χ2v) is 4.79. The van der Waals surface area contributed by atoms with Crippen molar-refractivity contribution in [3.63, 3.8) is 0 Å². The van der Waals surface area contributed by atoms with Gasteiger partial charge >= 0.3 is 0 Å². The van der Waals surface area contributed by atoms with Gasteiger partial charge < -0.3 is 5.32 Å². The Balaban J connectivity index is 2.17. The third-order valence-electron chi connectivity index (χ3n) is 2.38. The fourth-order valence-corrected chi connectivity index (χ4v) is 2.33. The lowest BCUT2D eigenvalue weighted by atomic mass is 10.3. The molecule has 0 aliphatic carbocycles. The zero-order chi connectivity index (χ0) is 12.8. The van der Waals surface area contributed by atoms with E-state index in [1.165, 1.54) is 17.3 Å². The van der Waals surface area contributed by atoms with Gasteiger partial charge in [-0.3, -0.25) is 0 Å². The summed E-state index contributed by atoms with van der Waals surface area (Å²) < 4.78 is 0. The second-order valence-electron chi connectivity index (χ2n) is 3.83. The number of nitrogens with one attached hydrogen (secondary N) is 1. The molecule has 0 fully saturated rings. The van der Waals surface area contributed by atoms with Crippen LogP contribution in [0.5, 0.6) is 0 Å². The average molecular weight is 260 g/mol. The maximum Gasteiger partial charge on any atom is 0.194 e. The molecule has 4 nitrogen and oxygen atoms in total. The fraction of sp³-hybridized carbons (Fsp3) is 0.308. The Morgan fingerprint density at radius 3 is 2.89 bits per heavy atom. The molecule has 0 saturated heterocycles. The molecule has 2 rings (SSSR count). The van der Waals surface area contributed by atoms with Gasteiger partial charge in [0.05, 0.1) is 0 Å². The van der Waals surface area contributed by atoms with Crippen molar-refractivity contribution in [3.8, 4) is 0 Å². The molecule has 0 bridgehead atoms. The summed E-state index contributed by atoms with van der Waals surface area (Å²) in [7, 11) is 0. The van der Waals surface area contributed by atoms with Gasteiger partial charge in [-0.1, -0.05) is 13.0 Å². The predicted octanol–water partition coefficient (Wildman–Crippen LogP) is 2.44. The average Bonchev–Trinajstić information content (AvgIpc) is 2.38. The Morgan fingerprint density at radius 1 is 1.22 bits per heavy atom. The van der Waals surface area contributed by atoms with Crippen LogP contribution in [0.1, 0.15) is 18.2 Å². The highest BCUT2D eigenvalue weighted by Gasteiger charge is 2.07. The molecule has 0 aliphatic heterocycles. The van der Waals surface area contributed by atoms with Gasteiger partial charge in [-0.25, -0.2) is 15.0 Å². The summed E-state index contributed by atoms with van der Waals surface area (Å²) in [5.41, 5.74) is 2.14. The van der Waals surface area contributed by atoms with E-state index in [4.69, 9.17) is 0 Å². The highest BCUT2D eigenvalue weighted by molar-refractivity contribution is 7.99. The Bertz CT molecular complexity index is 516. The van der Waals surface area contributed by atoms with Gasteiger partial charge in [0.2, 0.25) is 0 Å². The number of aromatic nitrogens is 3. The number of nitrogens with zero attached hydrogens (tertiary/aromatic N) is 3. The lowest BCUT2D eigenvalue weighted by Crippen LogP contribution is -2.12. The molecule has 0 saturated carbocycles. The van der Waals surface area contributed by atoms with Gasteiger partial charge in [0.25, 0.3) is 0 Å². The third-order valence-corrected chi connectivity index (χ3v) is 3.32. The van der Waals surface area contributed by atoms with Crippen LogP contribution in [-0.4, -0.2) is 21.5 Å². The Kier molecular flexibility index (Phi) is 4.66. The van der Waals surface area contributed by atoms with Crippen molar-refractivity contribution < 1.29 is 0 Å². The first kappa shape index (κ1) is 13.0. The number of hydrogen-bond acceptors (Lipinski definition) is 5. The van der Waals surface area contributed by atoms with Crippen LogP contribution in [0.15, 0.2) is 40.8 Å². The molecular weight excluding hydrogens is 244 g/mol. The summed E-state index contributed by atoms with van der Waals surface area (Å²) in [5.74, 6) is 0. The summed E-state index contributed by atoms with van der Waals surface area (Å²) >= 11 is 1.51. The van der Waals surface area contributed by atoms with Crippen LogP contribution in [0, 0.1) is 6.92 Å². The minimum atomic E-state index is 0.742. The van der Waals surface area contributed by atoms with E-state index in [0.717, 1.165) is 29.0 Å². The van der Waals surface area contributed by atoms with Crippen LogP contribution in [0.3, 0.4) is 0 Å². The van der Waals surface area contributed by atoms with Gasteiger partial charge in [0.15, 0.2) is 5.16 Å². The van der Waals surface area contributed by atoms with Crippen LogP contribution in [0.4, 0.5) is 0 Å².